The van der Waals surface area contributed by atoms with Gasteiger partial charge in [0.15, 0.2) is 23.2 Å². The number of nitrogens with one attached hydrogen (secondary N) is 1. The molecule has 7 rings (SSSR count). The van der Waals surface area contributed by atoms with Crippen LogP contribution in [-0.4, -0.2) is 108 Å². The first-order chi connectivity index (χ1) is 32.6. The number of anilines is 1. The van der Waals surface area contributed by atoms with E-state index in [1.54, 1.807) is 56.5 Å². The Bertz CT molecular complexity index is 2470. The van der Waals surface area contributed by atoms with Gasteiger partial charge in [-0.1, -0.05) is 72.8 Å². The van der Waals surface area contributed by atoms with Crippen LogP contribution in [0.1, 0.15) is 67.4 Å². The minimum atomic E-state index is -1.70. The fraction of sp³-hybridized carbons (Fsp3) is 0.380. The van der Waals surface area contributed by atoms with Crippen molar-refractivity contribution in [2.75, 3.05) is 53.1 Å². The molecule has 17 heteroatoms. The molecule has 2 unspecified atom stereocenters. The van der Waals surface area contributed by atoms with E-state index in [4.69, 9.17) is 42.5 Å². The molecule has 1 aliphatic heterocycles. The number of aromatic nitrogens is 4. The number of carbonyl (C=O) groups excluding carboxylic acids is 1. The third kappa shape index (κ3) is 11.1. The third-order valence-corrected chi connectivity index (χ3v) is 13.4. The van der Waals surface area contributed by atoms with Gasteiger partial charge >= 0.3 is 0 Å². The van der Waals surface area contributed by atoms with Crippen molar-refractivity contribution in [1.82, 2.24) is 24.2 Å². The number of benzene rings is 4. The van der Waals surface area contributed by atoms with Crippen LogP contribution in [0, 0.1) is 11.3 Å². The van der Waals surface area contributed by atoms with Gasteiger partial charge in [-0.2, -0.15) is 5.26 Å². The minimum Gasteiger partial charge on any atom is -0.497 e. The van der Waals surface area contributed by atoms with Crippen LogP contribution >= 0.6 is 8.53 Å². The summed E-state index contributed by atoms with van der Waals surface area (Å²) in [6, 6.07) is 36.7. The maximum absolute atomic E-state index is 13.4. The minimum absolute atomic E-state index is 0.00437. The highest BCUT2D eigenvalue weighted by Gasteiger charge is 2.53. The lowest BCUT2D eigenvalue weighted by Gasteiger charge is -2.41. The van der Waals surface area contributed by atoms with Crippen LogP contribution in [-0.2, 0) is 33.6 Å². The van der Waals surface area contributed by atoms with Gasteiger partial charge in [-0.15, -0.1) is 0 Å². The highest BCUT2D eigenvalue weighted by molar-refractivity contribution is 7.44. The summed E-state index contributed by atoms with van der Waals surface area (Å²) in [4.78, 5) is 27.2. The second kappa shape index (κ2) is 23.2. The third-order valence-electron chi connectivity index (χ3n) is 11.3. The molecule has 0 aliphatic carbocycles. The van der Waals surface area contributed by atoms with Crippen LogP contribution in [0.2, 0.25) is 0 Å². The average molecular weight is 932 g/mol. The lowest BCUT2D eigenvalue weighted by atomic mass is 9.79. The smallest absolute Gasteiger partial charge is 0.259 e. The zero-order chi connectivity index (χ0) is 47.3. The van der Waals surface area contributed by atoms with Gasteiger partial charge in [-0.3, -0.25) is 9.36 Å². The summed E-state index contributed by atoms with van der Waals surface area (Å²) < 4.78 is 55.8. The van der Waals surface area contributed by atoms with Gasteiger partial charge in [0, 0.05) is 24.8 Å². The Morgan fingerprint density at radius 1 is 0.791 bits per heavy atom. The number of amides is 1. The highest BCUT2D eigenvalue weighted by atomic mass is 31.2. The van der Waals surface area contributed by atoms with E-state index in [1.807, 2.05) is 84.9 Å². The Morgan fingerprint density at radius 2 is 1.40 bits per heavy atom. The molecule has 0 spiro atoms. The first kappa shape index (κ1) is 49.1. The van der Waals surface area contributed by atoms with Crippen LogP contribution in [0.5, 0.6) is 11.5 Å². The van der Waals surface area contributed by atoms with Gasteiger partial charge < -0.3 is 42.8 Å². The first-order valence-electron chi connectivity index (χ1n) is 22.2. The van der Waals surface area contributed by atoms with Gasteiger partial charge in [0.05, 0.1) is 59.5 Å². The number of methoxy groups -OCH3 is 3. The summed E-state index contributed by atoms with van der Waals surface area (Å²) in [7, 11) is 3.18. The predicted octanol–water partition coefficient (Wildman–Crippen LogP) is 8.69. The van der Waals surface area contributed by atoms with E-state index in [0.29, 0.717) is 28.2 Å². The molecule has 0 bridgehead atoms. The van der Waals surface area contributed by atoms with Crippen molar-refractivity contribution >= 4 is 31.4 Å². The predicted molar refractivity (Wildman–Crippen MR) is 254 cm³/mol. The Hall–Kier alpha value is -5.86. The number of hydrogen-bond donors (Lipinski definition) is 1. The van der Waals surface area contributed by atoms with E-state index in [0.717, 1.165) is 16.7 Å². The van der Waals surface area contributed by atoms with Crippen molar-refractivity contribution in [3.8, 4) is 17.6 Å². The molecule has 2 aromatic heterocycles. The molecular weight excluding hydrogens is 874 g/mol. The van der Waals surface area contributed by atoms with Crippen LogP contribution in [0.4, 0.5) is 5.82 Å². The summed E-state index contributed by atoms with van der Waals surface area (Å²) in [5, 5.41) is 12.4. The Kier molecular flexibility index (Phi) is 17.0. The number of fused-ring (bicyclic) bond motifs is 1. The number of rotatable bonds is 23. The number of hydrogen-bond acceptors (Lipinski definition) is 14. The number of ether oxygens (including phenoxy) is 6. The van der Waals surface area contributed by atoms with Crippen molar-refractivity contribution in [2.24, 2.45) is 0 Å². The molecule has 1 fully saturated rings. The van der Waals surface area contributed by atoms with Crippen LogP contribution in [0.25, 0.3) is 11.2 Å². The van der Waals surface area contributed by atoms with E-state index in [9.17, 15) is 10.1 Å². The van der Waals surface area contributed by atoms with Gasteiger partial charge in [0.25, 0.3) is 14.4 Å². The van der Waals surface area contributed by atoms with Gasteiger partial charge in [-0.05, 0) is 80.8 Å². The number of nitriles is 1. The monoisotopic (exact) mass is 931 g/mol. The maximum atomic E-state index is 13.4. The lowest BCUT2D eigenvalue weighted by molar-refractivity contribution is -0.128. The van der Waals surface area contributed by atoms with Crippen LogP contribution < -0.4 is 14.8 Å². The molecule has 6 aromatic rings. The fourth-order valence-electron chi connectivity index (χ4n) is 8.24. The molecule has 1 aliphatic rings. The summed E-state index contributed by atoms with van der Waals surface area (Å²) in [5.74, 6) is 1.23. The molecule has 0 saturated carbocycles. The van der Waals surface area contributed by atoms with Gasteiger partial charge in [0.1, 0.15) is 41.7 Å². The van der Waals surface area contributed by atoms with Crippen LogP contribution in [0.15, 0.2) is 122 Å². The molecule has 67 heavy (non-hydrogen) atoms. The maximum Gasteiger partial charge on any atom is 0.259 e. The molecule has 3 heterocycles. The van der Waals surface area contributed by atoms with E-state index < -0.39 is 38.7 Å². The Morgan fingerprint density at radius 3 is 1.99 bits per heavy atom. The number of nitrogens with zero attached hydrogens (tertiary/aromatic N) is 6. The topological polar surface area (TPSA) is 174 Å². The summed E-state index contributed by atoms with van der Waals surface area (Å²) >= 11 is 0. The van der Waals surface area contributed by atoms with Crippen molar-refractivity contribution < 1.29 is 42.3 Å². The molecule has 16 nitrogen and oxygen atoms in total. The van der Waals surface area contributed by atoms with E-state index in [2.05, 4.69) is 53.7 Å². The quantitative estimate of drug-likeness (QED) is 0.0367. The normalized spacial score (nSPS) is 17.8. The largest absolute Gasteiger partial charge is 0.497 e. The zero-order valence-electron chi connectivity index (χ0n) is 38.9. The van der Waals surface area contributed by atoms with E-state index in [1.165, 1.54) is 6.33 Å². The van der Waals surface area contributed by atoms with Crippen LogP contribution in [0.3, 0.4) is 0 Å². The summed E-state index contributed by atoms with van der Waals surface area (Å²) in [5.41, 5.74) is 2.33. The zero-order valence-corrected chi connectivity index (χ0v) is 39.7. The first-order valence-corrected chi connectivity index (χ1v) is 23.3. The second-order valence-corrected chi connectivity index (χ2v) is 17.6. The van der Waals surface area contributed by atoms with E-state index >= 15 is 0 Å². The van der Waals surface area contributed by atoms with Gasteiger partial charge in [0.2, 0.25) is 0 Å². The SMILES string of the molecule is COCCOC1[C@@H](OC(c2ccccc2)(c2ccc(OC)cc2)c2ccc(OC)cc2)[C@@H](COP(OCCC#N)N(C(C)C)C(C)C)O[C@H]1n1cnc2c(NC(=O)c3ccccc3)ncnc21. The van der Waals surface area contributed by atoms with Crippen molar-refractivity contribution in [1.29, 1.82) is 5.26 Å². The standard InChI is InChI=1S/C50H58N7O9P/c1-34(2)57(35(3)4)67(63-28-14-27-51)64-31-42-44(66-50(37-17-12-9-13-18-37,38-19-23-40(60-6)24-20-38)39-21-25-41(61-7)26-22-39)45(62-30-29-59-5)49(65-42)56-33-54-43-46(52-32-53-47(43)56)55-48(58)36-15-10-8-11-16-36/h8-13,15-26,32-35,42,44-45,49H,14,28-31H2,1-7H3,(H,52,53,55,58)/t42-,44+,45?,49-,67?/m1/s1. The molecule has 1 amide bonds. The summed E-state index contributed by atoms with van der Waals surface area (Å²) in [6.45, 7) is 8.97. The highest BCUT2D eigenvalue weighted by Crippen LogP contribution is 2.50. The number of carbonyl (C=O) groups is 1. The molecule has 1 saturated heterocycles. The fourth-order valence-corrected chi connectivity index (χ4v) is 9.85. The number of imidazole rings is 1. The molecule has 352 valence electrons. The van der Waals surface area contributed by atoms with Crippen molar-refractivity contribution in [2.45, 2.75) is 76.3 Å². The average Bonchev–Trinajstić information content (AvgIpc) is 3.94. The Labute approximate surface area is 393 Å². The lowest BCUT2D eigenvalue weighted by Crippen LogP contribution is -2.46. The Balaban J connectivity index is 1.39. The van der Waals surface area contributed by atoms with Crippen molar-refractivity contribution in [3.05, 3.63) is 144 Å². The summed E-state index contributed by atoms with van der Waals surface area (Å²) in [6.07, 6.45) is -0.298. The molecule has 5 atom stereocenters. The molecule has 4 aromatic carbocycles. The van der Waals surface area contributed by atoms with Crippen molar-refractivity contribution in [3.63, 3.8) is 0 Å². The van der Waals surface area contributed by atoms with E-state index in [-0.39, 0.29) is 56.7 Å². The van der Waals surface area contributed by atoms with Gasteiger partial charge in [-0.25, -0.2) is 19.6 Å². The molecular formula is C50H58N7O9P. The molecule has 1 N–H and O–H groups in total. The second-order valence-electron chi connectivity index (χ2n) is 16.2. The molecule has 0 radical (unpaired) electrons.